The van der Waals surface area contributed by atoms with E-state index in [1.165, 1.54) is 0 Å². The van der Waals surface area contributed by atoms with Gasteiger partial charge in [0.25, 0.3) is 0 Å². The summed E-state index contributed by atoms with van der Waals surface area (Å²) in [5.74, 6) is 1.58. The largest absolute Gasteiger partial charge is 0.393 e. The van der Waals surface area contributed by atoms with E-state index in [2.05, 4.69) is 32.7 Å². The Balaban J connectivity index is 2.36. The van der Waals surface area contributed by atoms with Crippen LogP contribution in [0.1, 0.15) is 46.4 Å². The summed E-state index contributed by atoms with van der Waals surface area (Å²) in [4.78, 5) is 4.27. The fraction of sp³-hybridized carbons (Fsp3) is 0.786. The summed E-state index contributed by atoms with van der Waals surface area (Å²) in [5, 5.41) is 10.0. The van der Waals surface area contributed by atoms with Crippen LogP contribution >= 0.6 is 0 Å². The number of aryl methyl sites for hydroxylation is 2. The molecule has 1 N–H and O–H groups in total. The summed E-state index contributed by atoms with van der Waals surface area (Å²) in [6.07, 6.45) is 6.04. The minimum Gasteiger partial charge on any atom is -0.393 e. The van der Waals surface area contributed by atoms with Crippen LogP contribution in [0.4, 0.5) is 0 Å². The van der Waals surface area contributed by atoms with Crippen molar-refractivity contribution in [3.63, 3.8) is 0 Å². The molecule has 1 aromatic heterocycles. The van der Waals surface area contributed by atoms with Crippen LogP contribution in [0.15, 0.2) is 12.4 Å². The monoisotopic (exact) mass is 238 g/mol. The van der Waals surface area contributed by atoms with Crippen molar-refractivity contribution in [2.24, 2.45) is 18.4 Å². The third-order valence-corrected chi connectivity index (χ3v) is 3.73. The van der Waals surface area contributed by atoms with Crippen molar-refractivity contribution in [1.82, 2.24) is 9.55 Å². The lowest BCUT2D eigenvalue weighted by Gasteiger charge is -2.29. The molecule has 0 saturated carbocycles. The van der Waals surface area contributed by atoms with Gasteiger partial charge in [0.15, 0.2) is 0 Å². The van der Waals surface area contributed by atoms with Crippen LogP contribution < -0.4 is 0 Å². The van der Waals surface area contributed by atoms with Crippen LogP contribution in [-0.4, -0.2) is 20.8 Å². The average molecular weight is 238 g/mol. The van der Waals surface area contributed by atoms with Gasteiger partial charge < -0.3 is 9.67 Å². The van der Waals surface area contributed by atoms with Crippen LogP contribution in [0, 0.1) is 11.3 Å². The van der Waals surface area contributed by atoms with Gasteiger partial charge in [0, 0.05) is 25.9 Å². The van der Waals surface area contributed by atoms with Gasteiger partial charge in [0.05, 0.1) is 6.10 Å². The lowest BCUT2D eigenvalue weighted by molar-refractivity contribution is 0.103. The Kier molecular flexibility index (Phi) is 4.75. The van der Waals surface area contributed by atoms with Gasteiger partial charge in [-0.2, -0.15) is 0 Å². The Morgan fingerprint density at radius 1 is 1.41 bits per heavy atom. The Labute approximate surface area is 105 Å². The predicted molar refractivity (Wildman–Crippen MR) is 70.8 cm³/mol. The van der Waals surface area contributed by atoms with Gasteiger partial charge in [-0.1, -0.05) is 27.7 Å². The van der Waals surface area contributed by atoms with Gasteiger partial charge in [0.2, 0.25) is 0 Å². The second-order valence-electron chi connectivity index (χ2n) is 6.15. The predicted octanol–water partition coefficient (Wildman–Crippen LogP) is 2.79. The molecule has 0 aliphatic rings. The highest BCUT2D eigenvalue weighted by Crippen LogP contribution is 2.29. The molecular formula is C14H26N2O. The van der Waals surface area contributed by atoms with Crippen molar-refractivity contribution in [2.45, 2.75) is 53.1 Å². The van der Waals surface area contributed by atoms with Gasteiger partial charge in [-0.15, -0.1) is 0 Å². The van der Waals surface area contributed by atoms with Gasteiger partial charge in [0.1, 0.15) is 5.82 Å². The first-order chi connectivity index (χ1) is 7.80. The van der Waals surface area contributed by atoms with Crippen LogP contribution in [0.25, 0.3) is 0 Å². The molecule has 0 amide bonds. The molecule has 2 atom stereocenters. The molecule has 1 aromatic rings. The number of aliphatic hydroxyl groups excluding tert-OH is 1. The minimum atomic E-state index is -0.221. The van der Waals surface area contributed by atoms with Gasteiger partial charge in [-0.25, -0.2) is 4.98 Å². The lowest BCUT2D eigenvalue weighted by Crippen LogP contribution is -2.23. The summed E-state index contributed by atoms with van der Waals surface area (Å²) in [6, 6.07) is 0. The van der Waals surface area contributed by atoms with Gasteiger partial charge >= 0.3 is 0 Å². The standard InChI is InChI=1S/C14H26N2O/c1-11(14(2,3)4)10-12(17)6-7-13-15-8-9-16(13)5/h8-9,11-12,17H,6-7,10H2,1-5H3. The first-order valence-electron chi connectivity index (χ1n) is 6.45. The second-order valence-corrected chi connectivity index (χ2v) is 6.15. The molecule has 1 heterocycles. The molecule has 98 valence electrons. The summed E-state index contributed by atoms with van der Waals surface area (Å²) >= 11 is 0. The SMILES string of the molecule is CC(CC(O)CCc1nccn1C)C(C)(C)C. The maximum absolute atomic E-state index is 10.0. The van der Waals surface area contributed by atoms with E-state index < -0.39 is 0 Å². The van der Waals surface area contributed by atoms with Gasteiger partial charge in [-0.05, 0) is 24.2 Å². The van der Waals surface area contributed by atoms with Crippen molar-refractivity contribution in [3.05, 3.63) is 18.2 Å². The van der Waals surface area contributed by atoms with Crippen LogP contribution in [0.3, 0.4) is 0 Å². The Morgan fingerprint density at radius 3 is 2.53 bits per heavy atom. The molecule has 0 radical (unpaired) electrons. The topological polar surface area (TPSA) is 38.1 Å². The normalized spacial score (nSPS) is 15.9. The van der Waals surface area contributed by atoms with Crippen LogP contribution in [0.2, 0.25) is 0 Å². The zero-order chi connectivity index (χ0) is 13.1. The molecule has 3 nitrogen and oxygen atoms in total. The second kappa shape index (κ2) is 5.67. The highest BCUT2D eigenvalue weighted by Gasteiger charge is 2.22. The zero-order valence-electron chi connectivity index (χ0n) is 11.8. The van der Waals surface area contributed by atoms with Crippen molar-refractivity contribution < 1.29 is 5.11 Å². The number of aromatic nitrogens is 2. The molecule has 0 aromatic carbocycles. The molecule has 0 fully saturated rings. The van der Waals surface area contributed by atoms with E-state index in [9.17, 15) is 5.11 Å². The van der Waals surface area contributed by atoms with Crippen LogP contribution in [0.5, 0.6) is 0 Å². The van der Waals surface area contributed by atoms with E-state index in [1.54, 1.807) is 6.20 Å². The van der Waals surface area contributed by atoms with E-state index >= 15 is 0 Å². The van der Waals surface area contributed by atoms with E-state index in [4.69, 9.17) is 0 Å². The van der Waals surface area contributed by atoms with E-state index in [0.29, 0.717) is 5.92 Å². The summed E-state index contributed by atoms with van der Waals surface area (Å²) < 4.78 is 2.01. The molecule has 1 rings (SSSR count). The maximum Gasteiger partial charge on any atom is 0.108 e. The van der Waals surface area contributed by atoms with Gasteiger partial charge in [-0.3, -0.25) is 0 Å². The van der Waals surface area contributed by atoms with Crippen molar-refractivity contribution in [2.75, 3.05) is 0 Å². The number of nitrogens with zero attached hydrogens (tertiary/aromatic N) is 2. The van der Waals surface area contributed by atoms with E-state index in [0.717, 1.165) is 25.1 Å². The minimum absolute atomic E-state index is 0.221. The summed E-state index contributed by atoms with van der Waals surface area (Å²) in [7, 11) is 1.99. The number of hydrogen-bond acceptors (Lipinski definition) is 2. The Hall–Kier alpha value is -0.830. The third kappa shape index (κ3) is 4.50. The number of aliphatic hydroxyl groups is 1. The third-order valence-electron chi connectivity index (χ3n) is 3.73. The molecule has 2 unspecified atom stereocenters. The van der Waals surface area contributed by atoms with Crippen LogP contribution in [-0.2, 0) is 13.5 Å². The zero-order valence-corrected chi connectivity index (χ0v) is 11.8. The fourth-order valence-electron chi connectivity index (χ4n) is 1.81. The lowest BCUT2D eigenvalue weighted by atomic mass is 9.78. The van der Waals surface area contributed by atoms with E-state index in [-0.39, 0.29) is 11.5 Å². The quantitative estimate of drug-likeness (QED) is 0.856. The average Bonchev–Trinajstić information content (AvgIpc) is 2.59. The molecule has 0 spiro atoms. The summed E-state index contributed by atoms with van der Waals surface area (Å²) in [5.41, 5.74) is 0.268. The van der Waals surface area contributed by atoms with Crippen molar-refractivity contribution in [3.8, 4) is 0 Å². The first-order valence-corrected chi connectivity index (χ1v) is 6.45. The molecule has 0 bridgehead atoms. The molecule has 17 heavy (non-hydrogen) atoms. The first kappa shape index (κ1) is 14.2. The smallest absolute Gasteiger partial charge is 0.108 e. The van der Waals surface area contributed by atoms with Crippen molar-refractivity contribution in [1.29, 1.82) is 0 Å². The number of hydrogen-bond donors (Lipinski definition) is 1. The molecule has 0 aliphatic carbocycles. The maximum atomic E-state index is 10.0. The molecule has 3 heteroatoms. The Morgan fingerprint density at radius 2 is 2.06 bits per heavy atom. The molecule has 0 aliphatic heterocycles. The highest BCUT2D eigenvalue weighted by atomic mass is 16.3. The Bertz CT molecular complexity index is 338. The number of imidazole rings is 1. The summed E-state index contributed by atoms with van der Waals surface area (Å²) in [6.45, 7) is 8.89. The van der Waals surface area contributed by atoms with E-state index in [1.807, 2.05) is 17.8 Å². The molecule has 0 saturated heterocycles. The number of rotatable bonds is 5. The fourth-order valence-corrected chi connectivity index (χ4v) is 1.81. The molecular weight excluding hydrogens is 212 g/mol. The highest BCUT2D eigenvalue weighted by molar-refractivity contribution is 4.91. The van der Waals surface area contributed by atoms with Crippen molar-refractivity contribution >= 4 is 0 Å².